The van der Waals surface area contributed by atoms with Crippen LogP contribution in [0.5, 0.6) is 0 Å². The topological polar surface area (TPSA) is 29.5 Å². The Balaban J connectivity index is 1.52. The number of hydrogen-bond acceptors (Lipinski definition) is 2. The first kappa shape index (κ1) is 16.9. The van der Waals surface area contributed by atoms with E-state index in [1.807, 2.05) is 4.90 Å². The molecule has 0 radical (unpaired) electrons. The van der Waals surface area contributed by atoms with Crippen molar-refractivity contribution in [1.29, 1.82) is 0 Å². The molecule has 1 amide bonds. The van der Waals surface area contributed by atoms with Crippen LogP contribution in [0.25, 0.3) is 11.1 Å². The highest BCUT2D eigenvalue weighted by molar-refractivity contribution is 5.79. The van der Waals surface area contributed by atoms with Gasteiger partial charge in [-0.3, -0.25) is 0 Å². The molecule has 2 aromatic rings. The van der Waals surface area contributed by atoms with E-state index in [1.54, 1.807) is 6.08 Å². The third-order valence-electron chi connectivity index (χ3n) is 5.66. The van der Waals surface area contributed by atoms with Crippen LogP contribution in [0, 0.1) is 0 Å². The zero-order valence-corrected chi connectivity index (χ0v) is 15.1. The average molecular weight is 347 g/mol. The molecule has 0 heterocycles. The van der Waals surface area contributed by atoms with Crippen LogP contribution in [0.2, 0.25) is 0 Å². The highest BCUT2D eigenvalue weighted by Gasteiger charge is 2.31. The van der Waals surface area contributed by atoms with Crippen LogP contribution in [0.3, 0.4) is 0 Å². The number of nitrogens with zero attached hydrogens (tertiary/aromatic N) is 1. The lowest BCUT2D eigenvalue weighted by Gasteiger charge is -2.27. The number of hydrogen-bond donors (Lipinski definition) is 0. The lowest BCUT2D eigenvalue weighted by Crippen LogP contribution is -2.39. The molecule has 0 bridgehead atoms. The minimum Gasteiger partial charge on any atom is -0.448 e. The van der Waals surface area contributed by atoms with Crippen molar-refractivity contribution in [2.45, 2.75) is 37.6 Å². The van der Waals surface area contributed by atoms with E-state index in [-0.39, 0.29) is 12.0 Å². The zero-order chi connectivity index (χ0) is 17.9. The summed E-state index contributed by atoms with van der Waals surface area (Å²) in [4.78, 5) is 14.6. The van der Waals surface area contributed by atoms with Crippen LogP contribution >= 0.6 is 0 Å². The van der Waals surface area contributed by atoms with E-state index < -0.39 is 0 Å². The second-order valence-electron chi connectivity index (χ2n) is 7.18. The van der Waals surface area contributed by atoms with Gasteiger partial charge in [0.1, 0.15) is 6.61 Å². The Morgan fingerprint density at radius 2 is 1.62 bits per heavy atom. The molecule has 26 heavy (non-hydrogen) atoms. The molecule has 0 saturated heterocycles. The largest absolute Gasteiger partial charge is 0.448 e. The minimum absolute atomic E-state index is 0.112. The van der Waals surface area contributed by atoms with Gasteiger partial charge in [-0.25, -0.2) is 4.79 Å². The molecule has 2 aromatic carbocycles. The average Bonchev–Trinajstić information content (AvgIpc) is 3.31. The van der Waals surface area contributed by atoms with Gasteiger partial charge < -0.3 is 9.64 Å². The fourth-order valence-electron chi connectivity index (χ4n) is 4.40. The van der Waals surface area contributed by atoms with Crippen molar-refractivity contribution >= 4 is 6.09 Å². The first-order valence-corrected chi connectivity index (χ1v) is 9.52. The van der Waals surface area contributed by atoms with Crippen molar-refractivity contribution in [3.8, 4) is 11.1 Å². The Hall–Kier alpha value is -2.55. The highest BCUT2D eigenvalue weighted by Crippen LogP contribution is 2.44. The number of rotatable bonds is 5. The monoisotopic (exact) mass is 347 g/mol. The van der Waals surface area contributed by atoms with Gasteiger partial charge in [0, 0.05) is 18.5 Å². The van der Waals surface area contributed by atoms with Crippen molar-refractivity contribution in [2.75, 3.05) is 13.2 Å². The van der Waals surface area contributed by atoms with Crippen molar-refractivity contribution < 1.29 is 9.53 Å². The molecule has 1 fully saturated rings. The van der Waals surface area contributed by atoms with Crippen LogP contribution in [0.4, 0.5) is 4.79 Å². The fraction of sp³-hybridized carbons (Fsp3) is 0.348. The summed E-state index contributed by atoms with van der Waals surface area (Å²) in [6.45, 7) is 4.74. The molecular weight excluding hydrogens is 322 g/mol. The van der Waals surface area contributed by atoms with Crippen molar-refractivity contribution in [1.82, 2.24) is 4.90 Å². The van der Waals surface area contributed by atoms with E-state index in [4.69, 9.17) is 4.74 Å². The maximum atomic E-state index is 12.8. The third-order valence-corrected chi connectivity index (χ3v) is 5.66. The van der Waals surface area contributed by atoms with Crippen LogP contribution in [-0.2, 0) is 4.74 Å². The predicted molar refractivity (Wildman–Crippen MR) is 104 cm³/mol. The van der Waals surface area contributed by atoms with E-state index >= 15 is 0 Å². The van der Waals surface area contributed by atoms with Crippen molar-refractivity contribution in [2.24, 2.45) is 0 Å². The number of carbonyl (C=O) groups excluding carboxylic acids is 1. The maximum Gasteiger partial charge on any atom is 0.410 e. The smallest absolute Gasteiger partial charge is 0.410 e. The fourth-order valence-corrected chi connectivity index (χ4v) is 4.40. The second-order valence-corrected chi connectivity index (χ2v) is 7.18. The van der Waals surface area contributed by atoms with E-state index in [1.165, 1.54) is 35.1 Å². The van der Waals surface area contributed by atoms with Gasteiger partial charge in [-0.05, 0) is 35.1 Å². The number of amides is 1. The van der Waals surface area contributed by atoms with Gasteiger partial charge in [0.15, 0.2) is 0 Å². The van der Waals surface area contributed by atoms with Crippen molar-refractivity contribution in [3.63, 3.8) is 0 Å². The summed E-state index contributed by atoms with van der Waals surface area (Å²) in [5.41, 5.74) is 5.00. The Bertz CT molecular complexity index is 762. The van der Waals surface area contributed by atoms with Gasteiger partial charge in [-0.1, -0.05) is 67.4 Å². The SMILES string of the molecule is C=CCN(C(=O)OCC1c2ccccc2-c2ccccc21)C1CCCC1. The first-order chi connectivity index (χ1) is 12.8. The van der Waals surface area contributed by atoms with Gasteiger partial charge in [0.25, 0.3) is 0 Å². The summed E-state index contributed by atoms with van der Waals surface area (Å²) in [6, 6.07) is 17.1. The molecule has 0 N–H and O–H groups in total. The lowest BCUT2D eigenvalue weighted by molar-refractivity contribution is 0.0894. The molecule has 0 spiro atoms. The zero-order valence-electron chi connectivity index (χ0n) is 15.1. The highest BCUT2D eigenvalue weighted by atomic mass is 16.6. The van der Waals surface area contributed by atoms with E-state index in [9.17, 15) is 4.79 Å². The van der Waals surface area contributed by atoms with E-state index in [2.05, 4.69) is 55.1 Å². The summed E-state index contributed by atoms with van der Waals surface area (Å²) in [7, 11) is 0. The van der Waals surface area contributed by atoms with Gasteiger partial charge in [-0.2, -0.15) is 0 Å². The molecule has 0 aliphatic heterocycles. The number of benzene rings is 2. The molecule has 3 heteroatoms. The van der Waals surface area contributed by atoms with Crippen molar-refractivity contribution in [3.05, 3.63) is 72.3 Å². The van der Waals surface area contributed by atoms with Gasteiger partial charge in [0.2, 0.25) is 0 Å². The Kier molecular flexibility index (Phi) is 4.79. The summed E-state index contributed by atoms with van der Waals surface area (Å²) >= 11 is 0. The Morgan fingerprint density at radius 3 is 2.19 bits per heavy atom. The van der Waals surface area contributed by atoms with Gasteiger partial charge in [0.05, 0.1) is 0 Å². The number of fused-ring (bicyclic) bond motifs is 3. The molecule has 134 valence electrons. The number of carbonyl (C=O) groups is 1. The molecule has 0 atom stereocenters. The lowest BCUT2D eigenvalue weighted by atomic mass is 9.98. The molecule has 0 aromatic heterocycles. The summed E-state index contributed by atoms with van der Waals surface area (Å²) < 4.78 is 5.81. The quantitative estimate of drug-likeness (QED) is 0.681. The molecule has 4 rings (SSSR count). The second kappa shape index (κ2) is 7.36. The third kappa shape index (κ3) is 3.03. The molecular formula is C23H25NO2. The van der Waals surface area contributed by atoms with Crippen LogP contribution in [0.1, 0.15) is 42.7 Å². The molecule has 2 aliphatic rings. The van der Waals surface area contributed by atoms with Crippen LogP contribution in [0.15, 0.2) is 61.2 Å². The molecule has 2 aliphatic carbocycles. The molecule has 3 nitrogen and oxygen atoms in total. The Labute approximate surface area is 155 Å². The minimum atomic E-state index is -0.210. The standard InChI is InChI=1S/C23H25NO2/c1-2-15-24(17-9-3-4-10-17)23(25)26-16-22-20-13-7-5-11-18(20)19-12-6-8-14-21(19)22/h2,5-8,11-14,17,22H,1,3-4,9-10,15-16H2. The normalized spacial score (nSPS) is 16.2. The van der Waals surface area contributed by atoms with Gasteiger partial charge >= 0.3 is 6.09 Å². The summed E-state index contributed by atoms with van der Waals surface area (Å²) in [5.74, 6) is 0.112. The summed E-state index contributed by atoms with van der Waals surface area (Å²) in [5, 5.41) is 0. The number of ether oxygens (including phenoxy) is 1. The summed E-state index contributed by atoms with van der Waals surface area (Å²) in [6.07, 6.45) is 6.10. The van der Waals surface area contributed by atoms with Crippen LogP contribution < -0.4 is 0 Å². The van der Waals surface area contributed by atoms with E-state index in [0.717, 1.165) is 12.8 Å². The van der Waals surface area contributed by atoms with Crippen LogP contribution in [-0.4, -0.2) is 30.2 Å². The predicted octanol–water partition coefficient (Wildman–Crippen LogP) is 5.37. The molecule has 0 unspecified atom stereocenters. The van der Waals surface area contributed by atoms with E-state index in [0.29, 0.717) is 19.2 Å². The maximum absolute atomic E-state index is 12.8. The first-order valence-electron chi connectivity index (χ1n) is 9.52. The Morgan fingerprint density at radius 1 is 1.04 bits per heavy atom. The van der Waals surface area contributed by atoms with Gasteiger partial charge in [-0.15, -0.1) is 6.58 Å². The molecule has 1 saturated carbocycles.